The van der Waals surface area contributed by atoms with Crippen molar-refractivity contribution >= 4 is 23.7 Å². The molecule has 9 nitrogen and oxygen atoms in total. The highest BCUT2D eigenvalue weighted by molar-refractivity contribution is 5.97. The van der Waals surface area contributed by atoms with Crippen molar-refractivity contribution in [2.75, 3.05) is 18.0 Å². The van der Waals surface area contributed by atoms with Crippen molar-refractivity contribution in [3.63, 3.8) is 0 Å². The van der Waals surface area contributed by atoms with E-state index >= 15 is 0 Å². The van der Waals surface area contributed by atoms with E-state index in [1.807, 2.05) is 11.0 Å². The summed E-state index contributed by atoms with van der Waals surface area (Å²) < 4.78 is 5.24. The number of aromatic nitrogens is 1. The molecule has 1 aromatic heterocycles. The van der Waals surface area contributed by atoms with E-state index < -0.39 is 24.0 Å². The number of amides is 3. The summed E-state index contributed by atoms with van der Waals surface area (Å²) in [4.78, 5) is 42.2. The number of rotatable bonds is 5. The lowest BCUT2D eigenvalue weighted by Crippen LogP contribution is -2.46. The van der Waals surface area contributed by atoms with E-state index in [4.69, 9.17) is 10.00 Å². The van der Waals surface area contributed by atoms with Crippen molar-refractivity contribution in [3.8, 4) is 6.07 Å². The van der Waals surface area contributed by atoms with Gasteiger partial charge in [-0.25, -0.2) is 9.78 Å². The van der Waals surface area contributed by atoms with Crippen molar-refractivity contribution in [1.29, 1.82) is 5.26 Å². The Kier molecular flexibility index (Phi) is 6.09. The molecule has 0 bridgehead atoms. The van der Waals surface area contributed by atoms with Gasteiger partial charge < -0.3 is 15.0 Å². The van der Waals surface area contributed by atoms with Gasteiger partial charge in [0.1, 0.15) is 11.9 Å². The van der Waals surface area contributed by atoms with Crippen LogP contribution < -0.4 is 15.5 Å². The number of pyridine rings is 1. The molecule has 1 aliphatic heterocycles. The van der Waals surface area contributed by atoms with E-state index in [0.29, 0.717) is 31.5 Å². The molecule has 148 valence electrons. The molecule has 1 atom stereocenters. The summed E-state index contributed by atoms with van der Waals surface area (Å²) >= 11 is 0. The fourth-order valence-electron chi connectivity index (χ4n) is 2.97. The molecule has 0 unspecified atom stereocenters. The fourth-order valence-corrected chi connectivity index (χ4v) is 2.97. The molecule has 3 amide bonds. The largest absolute Gasteiger partial charge is 0.452 e. The minimum absolute atomic E-state index is 0.140. The topological polar surface area (TPSA) is 124 Å². The SMILES string of the molecule is C[C@H](OC(=O)C1CCN(c2ccc(C#N)cn2)CC1)C(=O)NC(=O)NC1CC1. The smallest absolute Gasteiger partial charge is 0.321 e. The first kappa shape index (κ1) is 19.6. The first-order chi connectivity index (χ1) is 13.5. The predicted molar refractivity (Wildman–Crippen MR) is 99.1 cm³/mol. The fraction of sp³-hybridized carbons (Fsp3) is 0.526. The number of imide groups is 1. The Morgan fingerprint density at radius 3 is 2.54 bits per heavy atom. The van der Waals surface area contributed by atoms with Crippen LogP contribution in [0.4, 0.5) is 10.6 Å². The van der Waals surface area contributed by atoms with E-state index in [-0.39, 0.29) is 12.0 Å². The van der Waals surface area contributed by atoms with Crippen LogP contribution in [0.5, 0.6) is 0 Å². The van der Waals surface area contributed by atoms with Crippen molar-refractivity contribution in [1.82, 2.24) is 15.6 Å². The lowest BCUT2D eigenvalue weighted by atomic mass is 9.97. The zero-order valence-corrected chi connectivity index (χ0v) is 15.7. The van der Waals surface area contributed by atoms with Crippen LogP contribution in [-0.2, 0) is 14.3 Å². The van der Waals surface area contributed by atoms with E-state index in [1.165, 1.54) is 13.1 Å². The quantitative estimate of drug-likeness (QED) is 0.727. The molecule has 2 N–H and O–H groups in total. The lowest BCUT2D eigenvalue weighted by Gasteiger charge is -2.32. The average molecular weight is 385 g/mol. The molecule has 3 rings (SSSR count). The van der Waals surface area contributed by atoms with Crippen LogP contribution >= 0.6 is 0 Å². The molecule has 0 radical (unpaired) electrons. The maximum absolute atomic E-state index is 12.3. The molecule has 0 spiro atoms. The number of carbonyl (C=O) groups is 3. The van der Waals surface area contributed by atoms with Crippen molar-refractivity contribution in [2.24, 2.45) is 5.92 Å². The Morgan fingerprint density at radius 1 is 1.25 bits per heavy atom. The Labute approximate surface area is 163 Å². The van der Waals surface area contributed by atoms with Crippen LogP contribution in [-0.4, -0.2) is 48.1 Å². The van der Waals surface area contributed by atoms with Gasteiger partial charge in [-0.2, -0.15) is 5.26 Å². The van der Waals surface area contributed by atoms with Gasteiger partial charge in [-0.15, -0.1) is 0 Å². The number of piperidine rings is 1. The Hall–Kier alpha value is -3.15. The summed E-state index contributed by atoms with van der Waals surface area (Å²) in [5.41, 5.74) is 0.500. The molecule has 1 aliphatic carbocycles. The third-order valence-corrected chi connectivity index (χ3v) is 4.84. The van der Waals surface area contributed by atoms with Gasteiger partial charge in [-0.1, -0.05) is 0 Å². The van der Waals surface area contributed by atoms with Crippen molar-refractivity contribution in [2.45, 2.75) is 44.8 Å². The molecule has 1 saturated carbocycles. The number of hydrogen-bond donors (Lipinski definition) is 2. The van der Waals surface area contributed by atoms with Crippen LogP contribution in [0.15, 0.2) is 18.3 Å². The van der Waals surface area contributed by atoms with Gasteiger partial charge >= 0.3 is 12.0 Å². The van der Waals surface area contributed by atoms with Gasteiger partial charge in [0.15, 0.2) is 6.10 Å². The van der Waals surface area contributed by atoms with Gasteiger partial charge in [0.25, 0.3) is 5.91 Å². The molecule has 9 heteroatoms. The zero-order chi connectivity index (χ0) is 20.1. The van der Waals surface area contributed by atoms with E-state index in [0.717, 1.165) is 18.7 Å². The number of ether oxygens (including phenoxy) is 1. The Morgan fingerprint density at radius 2 is 1.96 bits per heavy atom. The molecule has 1 aromatic rings. The molecular formula is C19H23N5O4. The minimum Gasteiger partial charge on any atom is -0.452 e. The highest BCUT2D eigenvalue weighted by Gasteiger charge is 2.30. The summed E-state index contributed by atoms with van der Waals surface area (Å²) in [6.45, 7) is 2.71. The van der Waals surface area contributed by atoms with Crippen LogP contribution in [0.1, 0.15) is 38.2 Å². The summed E-state index contributed by atoms with van der Waals surface area (Å²) in [5, 5.41) is 13.7. The lowest BCUT2D eigenvalue weighted by molar-refractivity contribution is -0.159. The predicted octanol–water partition coefficient (Wildman–Crippen LogP) is 1.09. The summed E-state index contributed by atoms with van der Waals surface area (Å²) in [7, 11) is 0. The van der Waals surface area contributed by atoms with E-state index in [2.05, 4.69) is 15.6 Å². The summed E-state index contributed by atoms with van der Waals surface area (Å²) in [6.07, 6.45) is 3.49. The number of hydrogen-bond acceptors (Lipinski definition) is 7. The molecular weight excluding hydrogens is 362 g/mol. The maximum atomic E-state index is 12.3. The van der Waals surface area contributed by atoms with Crippen molar-refractivity contribution in [3.05, 3.63) is 23.9 Å². The normalized spacial score (nSPS) is 17.9. The van der Waals surface area contributed by atoms with Gasteiger partial charge in [0.05, 0.1) is 11.5 Å². The van der Waals surface area contributed by atoms with Crippen LogP contribution in [0, 0.1) is 17.2 Å². The summed E-state index contributed by atoms with van der Waals surface area (Å²) in [5.74, 6) is -0.603. The zero-order valence-electron chi connectivity index (χ0n) is 15.7. The van der Waals surface area contributed by atoms with Gasteiger partial charge in [-0.3, -0.25) is 14.9 Å². The second kappa shape index (κ2) is 8.69. The molecule has 2 aliphatic rings. The third kappa shape index (κ3) is 5.19. The van der Waals surface area contributed by atoms with E-state index in [9.17, 15) is 14.4 Å². The first-order valence-electron chi connectivity index (χ1n) is 9.39. The number of carbonyl (C=O) groups excluding carboxylic acids is 3. The van der Waals surface area contributed by atoms with Crippen molar-refractivity contribution < 1.29 is 19.1 Å². The van der Waals surface area contributed by atoms with Gasteiger partial charge in [0, 0.05) is 25.3 Å². The Balaban J connectivity index is 1.43. The summed E-state index contributed by atoms with van der Waals surface area (Å²) in [6, 6.07) is 5.11. The Bertz CT molecular complexity index is 777. The van der Waals surface area contributed by atoms with Gasteiger partial charge in [0.2, 0.25) is 0 Å². The van der Waals surface area contributed by atoms with Crippen LogP contribution in [0.25, 0.3) is 0 Å². The average Bonchev–Trinajstić information content (AvgIpc) is 3.51. The number of nitrogens with one attached hydrogen (secondary N) is 2. The molecule has 1 saturated heterocycles. The maximum Gasteiger partial charge on any atom is 0.321 e. The number of esters is 1. The highest BCUT2D eigenvalue weighted by atomic mass is 16.5. The van der Waals surface area contributed by atoms with E-state index in [1.54, 1.807) is 12.1 Å². The second-order valence-electron chi connectivity index (χ2n) is 7.09. The second-order valence-corrected chi connectivity index (χ2v) is 7.09. The number of urea groups is 1. The van der Waals surface area contributed by atoms with Crippen LogP contribution in [0.3, 0.4) is 0 Å². The monoisotopic (exact) mass is 385 g/mol. The first-order valence-corrected chi connectivity index (χ1v) is 9.39. The van der Waals surface area contributed by atoms with Crippen LogP contribution in [0.2, 0.25) is 0 Å². The molecule has 0 aromatic carbocycles. The molecule has 2 fully saturated rings. The van der Waals surface area contributed by atoms with Gasteiger partial charge in [-0.05, 0) is 44.7 Å². The standard InChI is InChI=1S/C19H23N5O4/c1-12(17(25)23-19(27)22-15-3-4-15)28-18(26)14-6-8-24(9-7-14)16-5-2-13(10-20)11-21-16/h2,5,11-12,14-15H,3-4,6-9H2,1H3,(H2,22,23,25,27)/t12-/m0/s1. The minimum atomic E-state index is -1.03. The number of anilines is 1. The number of nitrogens with zero attached hydrogens (tertiary/aromatic N) is 3. The molecule has 2 heterocycles. The highest BCUT2D eigenvalue weighted by Crippen LogP contribution is 2.23. The number of nitriles is 1. The third-order valence-electron chi connectivity index (χ3n) is 4.84. The molecule has 28 heavy (non-hydrogen) atoms.